The fraction of sp³-hybridized carbons (Fsp3) is 0.227. The molecular weight excluding hydrogens is 423 g/mol. The van der Waals surface area contributed by atoms with Crippen molar-refractivity contribution in [1.82, 2.24) is 15.0 Å². The molecule has 0 radical (unpaired) electrons. The van der Waals surface area contributed by atoms with Crippen LogP contribution < -0.4 is 5.32 Å². The van der Waals surface area contributed by atoms with Crippen LogP contribution in [0.25, 0.3) is 21.9 Å². The third-order valence-corrected chi connectivity index (χ3v) is 5.79. The summed E-state index contributed by atoms with van der Waals surface area (Å²) in [5.74, 6) is 0.376. The van der Waals surface area contributed by atoms with Crippen molar-refractivity contribution in [2.75, 3.05) is 5.32 Å². The number of para-hydroxylation sites is 1. The number of hydrogen-bond acceptors (Lipinski definition) is 4. The molecule has 2 aromatic heterocycles. The highest BCUT2D eigenvalue weighted by molar-refractivity contribution is 6.42. The lowest BCUT2D eigenvalue weighted by Gasteiger charge is -2.13. The Morgan fingerprint density at radius 3 is 2.73 bits per heavy atom. The third kappa shape index (κ3) is 4.20. The van der Waals surface area contributed by atoms with E-state index in [-0.39, 0.29) is 12.3 Å². The van der Waals surface area contributed by atoms with Crippen molar-refractivity contribution in [3.8, 4) is 0 Å². The number of anilines is 1. The maximum atomic E-state index is 11.0. The summed E-state index contributed by atoms with van der Waals surface area (Å²) in [5, 5.41) is 15.3. The van der Waals surface area contributed by atoms with E-state index in [4.69, 9.17) is 38.3 Å². The Bertz CT molecular complexity index is 1240. The van der Waals surface area contributed by atoms with E-state index in [2.05, 4.69) is 10.3 Å². The van der Waals surface area contributed by atoms with Crippen molar-refractivity contribution in [3.05, 3.63) is 63.9 Å². The summed E-state index contributed by atoms with van der Waals surface area (Å²) in [5.41, 5.74) is 2.66. The number of aromatic nitrogens is 3. The van der Waals surface area contributed by atoms with Gasteiger partial charge >= 0.3 is 5.97 Å². The van der Waals surface area contributed by atoms with Gasteiger partial charge in [-0.05, 0) is 30.2 Å². The Kier molecular flexibility index (Phi) is 5.79. The molecule has 154 valence electrons. The van der Waals surface area contributed by atoms with Gasteiger partial charge in [0.15, 0.2) is 0 Å². The zero-order valence-electron chi connectivity index (χ0n) is 16.2. The molecule has 0 fully saturated rings. The minimum atomic E-state index is -0.827. The number of carbonyl (C=O) groups is 1. The number of aromatic amines is 1. The highest BCUT2D eigenvalue weighted by atomic mass is 35.5. The molecule has 1 atom stereocenters. The number of carboxylic acid groups (broad SMARTS) is 1. The number of carboxylic acids is 1. The van der Waals surface area contributed by atoms with Crippen molar-refractivity contribution in [2.45, 2.75) is 32.2 Å². The molecule has 3 N–H and O–H groups in total. The van der Waals surface area contributed by atoms with Crippen LogP contribution >= 0.6 is 23.2 Å². The molecule has 1 unspecified atom stereocenters. The third-order valence-electron chi connectivity index (χ3n) is 5.05. The fourth-order valence-electron chi connectivity index (χ4n) is 3.41. The molecular formula is C22H20Cl2N4O2. The number of hydrogen-bond donors (Lipinski definition) is 3. The van der Waals surface area contributed by atoms with Gasteiger partial charge in [0, 0.05) is 29.8 Å². The zero-order valence-corrected chi connectivity index (χ0v) is 17.8. The Hall–Kier alpha value is -2.83. The lowest BCUT2D eigenvalue weighted by atomic mass is 10.0. The number of nitrogens with zero attached hydrogens (tertiary/aromatic N) is 2. The molecule has 8 heteroatoms. The van der Waals surface area contributed by atoms with Gasteiger partial charge in [-0.15, -0.1) is 0 Å². The van der Waals surface area contributed by atoms with E-state index in [1.807, 2.05) is 43.3 Å². The summed E-state index contributed by atoms with van der Waals surface area (Å²) >= 11 is 12.2. The highest BCUT2D eigenvalue weighted by Crippen LogP contribution is 2.32. The van der Waals surface area contributed by atoms with E-state index in [1.54, 1.807) is 6.07 Å². The smallest absolute Gasteiger partial charge is 0.303 e. The number of benzene rings is 2. The van der Waals surface area contributed by atoms with E-state index in [1.165, 1.54) is 0 Å². The second-order valence-corrected chi connectivity index (χ2v) is 8.07. The van der Waals surface area contributed by atoms with Crippen molar-refractivity contribution in [1.29, 1.82) is 0 Å². The monoisotopic (exact) mass is 442 g/mol. The molecule has 0 aliphatic rings. The Morgan fingerprint density at radius 1 is 1.17 bits per heavy atom. The maximum absolute atomic E-state index is 11.0. The predicted octanol–water partition coefficient (Wildman–Crippen LogP) is 6.00. The van der Waals surface area contributed by atoms with Crippen LogP contribution in [0.4, 0.5) is 5.82 Å². The van der Waals surface area contributed by atoms with E-state index in [0.29, 0.717) is 34.7 Å². The molecule has 4 aromatic rings. The normalized spacial score (nSPS) is 12.4. The molecule has 2 heterocycles. The number of H-pyrrole nitrogens is 1. The molecule has 0 amide bonds. The maximum Gasteiger partial charge on any atom is 0.303 e. The minimum absolute atomic E-state index is 0.0707. The topological polar surface area (TPSA) is 90.9 Å². The quantitative estimate of drug-likeness (QED) is 0.326. The number of fused-ring (bicyclic) bond motifs is 3. The number of rotatable bonds is 7. The van der Waals surface area contributed by atoms with Crippen LogP contribution in [0.3, 0.4) is 0 Å². The van der Waals surface area contributed by atoms with Crippen LogP contribution in [-0.4, -0.2) is 26.0 Å². The largest absolute Gasteiger partial charge is 0.481 e. The molecule has 0 aliphatic carbocycles. The van der Waals surface area contributed by atoms with Crippen LogP contribution in [-0.2, 0) is 11.3 Å². The van der Waals surface area contributed by atoms with E-state index in [9.17, 15) is 4.79 Å². The van der Waals surface area contributed by atoms with Gasteiger partial charge in [0.05, 0.1) is 15.4 Å². The first kappa shape index (κ1) is 20.4. The van der Waals surface area contributed by atoms with Gasteiger partial charge in [-0.25, -0.2) is 9.97 Å². The van der Waals surface area contributed by atoms with Gasteiger partial charge in [0.2, 0.25) is 0 Å². The van der Waals surface area contributed by atoms with Crippen molar-refractivity contribution in [3.63, 3.8) is 0 Å². The molecule has 30 heavy (non-hydrogen) atoms. The second kappa shape index (κ2) is 8.50. The van der Waals surface area contributed by atoms with E-state index >= 15 is 0 Å². The molecule has 0 saturated carbocycles. The summed E-state index contributed by atoms with van der Waals surface area (Å²) < 4.78 is 0. The first-order chi connectivity index (χ1) is 14.4. The molecule has 0 saturated heterocycles. The van der Waals surface area contributed by atoms with Gasteiger partial charge in [-0.2, -0.15) is 0 Å². The SMILES string of the molecule is CC(CCC(=O)O)c1nc(NCc2ccc(Cl)c(Cl)c2)c2c(n1)[nH]c1ccccc12. The Labute approximate surface area is 183 Å². The molecule has 6 nitrogen and oxygen atoms in total. The molecule has 0 aliphatic heterocycles. The lowest BCUT2D eigenvalue weighted by molar-refractivity contribution is -0.137. The zero-order chi connectivity index (χ0) is 21.3. The predicted molar refractivity (Wildman–Crippen MR) is 120 cm³/mol. The minimum Gasteiger partial charge on any atom is -0.481 e. The van der Waals surface area contributed by atoms with Gasteiger partial charge in [-0.3, -0.25) is 4.79 Å². The lowest BCUT2D eigenvalue weighted by Crippen LogP contribution is -2.08. The molecule has 0 spiro atoms. The number of halogens is 2. The highest BCUT2D eigenvalue weighted by Gasteiger charge is 2.18. The fourth-order valence-corrected chi connectivity index (χ4v) is 3.73. The van der Waals surface area contributed by atoms with Gasteiger partial charge in [0.25, 0.3) is 0 Å². The standard InChI is InChI=1S/C22H20Cl2N4O2/c1-12(6-9-18(29)30)20-27-21(25-11-13-7-8-15(23)16(24)10-13)19-14-4-2-3-5-17(14)26-22(19)28-20/h2-5,7-8,10,12H,6,9,11H2,1H3,(H,29,30)(H2,25,26,27,28). The van der Waals surface area contributed by atoms with Crippen LogP contribution in [0.5, 0.6) is 0 Å². The van der Waals surface area contributed by atoms with Crippen molar-refractivity contribution in [2.24, 2.45) is 0 Å². The van der Waals surface area contributed by atoms with Gasteiger partial charge < -0.3 is 15.4 Å². The summed E-state index contributed by atoms with van der Waals surface area (Å²) in [6.07, 6.45) is 0.536. The first-order valence-corrected chi connectivity index (χ1v) is 10.4. The second-order valence-electron chi connectivity index (χ2n) is 7.26. The van der Waals surface area contributed by atoms with E-state index < -0.39 is 5.97 Å². The molecule has 0 bridgehead atoms. The average molecular weight is 443 g/mol. The summed E-state index contributed by atoms with van der Waals surface area (Å²) in [6.45, 7) is 2.45. The van der Waals surface area contributed by atoms with Crippen LogP contribution in [0.2, 0.25) is 10.0 Å². The Morgan fingerprint density at radius 2 is 1.97 bits per heavy atom. The average Bonchev–Trinajstić information content (AvgIpc) is 3.11. The summed E-state index contributed by atoms with van der Waals surface area (Å²) in [7, 11) is 0. The van der Waals surface area contributed by atoms with Crippen LogP contribution in [0.1, 0.15) is 37.1 Å². The Balaban J connectivity index is 1.74. The molecule has 2 aromatic carbocycles. The number of nitrogens with one attached hydrogen (secondary N) is 2. The van der Waals surface area contributed by atoms with Gasteiger partial charge in [-0.1, -0.05) is 54.4 Å². The first-order valence-electron chi connectivity index (χ1n) is 9.60. The van der Waals surface area contributed by atoms with Crippen LogP contribution in [0, 0.1) is 0 Å². The van der Waals surface area contributed by atoms with Crippen LogP contribution in [0.15, 0.2) is 42.5 Å². The summed E-state index contributed by atoms with van der Waals surface area (Å²) in [6, 6.07) is 13.4. The van der Waals surface area contributed by atoms with Crippen molar-refractivity contribution < 1.29 is 9.90 Å². The van der Waals surface area contributed by atoms with E-state index in [0.717, 1.165) is 27.5 Å². The number of aliphatic carboxylic acids is 1. The molecule has 4 rings (SSSR count). The summed E-state index contributed by atoms with van der Waals surface area (Å²) in [4.78, 5) is 23.8. The van der Waals surface area contributed by atoms with Gasteiger partial charge in [0.1, 0.15) is 17.3 Å². The van der Waals surface area contributed by atoms with Crippen molar-refractivity contribution >= 4 is 56.9 Å².